The molecule has 45 heavy (non-hydrogen) atoms. The van der Waals surface area contributed by atoms with Crippen LogP contribution in [0.5, 0.6) is 0 Å². The third kappa shape index (κ3) is 6.68. The molecule has 234 valence electrons. The van der Waals surface area contributed by atoms with E-state index in [2.05, 4.69) is 25.1 Å². The van der Waals surface area contributed by atoms with Gasteiger partial charge in [-0.25, -0.2) is 33.4 Å². The van der Waals surface area contributed by atoms with Gasteiger partial charge in [0.2, 0.25) is 0 Å². The maximum atomic E-state index is 14.8. The molecule has 0 bridgehead atoms. The topological polar surface area (TPSA) is 137 Å². The fourth-order valence-electron chi connectivity index (χ4n) is 4.77. The van der Waals surface area contributed by atoms with Crippen molar-refractivity contribution in [2.24, 2.45) is 0 Å². The zero-order valence-electron chi connectivity index (χ0n) is 22.9. The van der Waals surface area contributed by atoms with E-state index in [1.54, 1.807) is 17.2 Å². The summed E-state index contributed by atoms with van der Waals surface area (Å²) in [5, 5.41) is 15.6. The number of alkyl halides is 3. The number of rotatable bonds is 4. The van der Waals surface area contributed by atoms with E-state index in [0.29, 0.717) is 37.4 Å². The van der Waals surface area contributed by atoms with Gasteiger partial charge in [-0.2, -0.15) is 18.3 Å². The molecule has 0 spiro atoms. The maximum Gasteiger partial charge on any atom is 0.490 e. The molecule has 1 aliphatic heterocycles. The number of carbonyl (C=O) groups excluding carboxylic acids is 1. The number of pyridine rings is 1. The fraction of sp³-hybridized carbons (Fsp3) is 0.214. The second-order valence-corrected chi connectivity index (χ2v) is 10.5. The molecule has 2 aromatic carbocycles. The first kappa shape index (κ1) is 31.7. The van der Waals surface area contributed by atoms with E-state index in [-0.39, 0.29) is 33.8 Å². The van der Waals surface area contributed by atoms with Crippen molar-refractivity contribution in [3.05, 3.63) is 98.2 Å². The van der Waals surface area contributed by atoms with Crippen molar-refractivity contribution in [2.45, 2.75) is 12.6 Å². The lowest BCUT2D eigenvalue weighted by Gasteiger charge is -2.36. The van der Waals surface area contributed by atoms with Gasteiger partial charge in [0.1, 0.15) is 17.3 Å². The van der Waals surface area contributed by atoms with Gasteiger partial charge >= 0.3 is 17.8 Å². The molecule has 6 rings (SSSR count). The van der Waals surface area contributed by atoms with Crippen LogP contribution in [0, 0.1) is 5.82 Å². The summed E-state index contributed by atoms with van der Waals surface area (Å²) in [6.07, 6.45) is -3.13. The lowest BCUT2D eigenvalue weighted by Crippen LogP contribution is -2.49. The highest BCUT2D eigenvalue weighted by Crippen LogP contribution is 2.26. The number of carboxylic acid groups (broad SMARTS) is 1. The van der Waals surface area contributed by atoms with E-state index in [0.717, 1.165) is 21.0 Å². The molecule has 0 unspecified atom stereocenters. The molecule has 4 heterocycles. The molecule has 1 aliphatic rings. The number of anilines is 1. The summed E-state index contributed by atoms with van der Waals surface area (Å²) in [5.41, 5.74) is 0.573. The van der Waals surface area contributed by atoms with Crippen LogP contribution in [0.15, 0.2) is 59.5 Å². The molecule has 5 aromatic rings. The molecule has 0 aliphatic carbocycles. The van der Waals surface area contributed by atoms with E-state index in [1.807, 2.05) is 30.3 Å². The number of aliphatic carboxylic acids is 1. The Balaban J connectivity index is 0.000000515. The summed E-state index contributed by atoms with van der Waals surface area (Å²) < 4.78 is 47.7. The number of hydrogen-bond donors (Lipinski definition) is 2. The number of benzene rings is 2. The first-order valence-electron chi connectivity index (χ1n) is 13.1. The molecular weight excluding hydrogens is 645 g/mol. The number of carboxylic acids is 1. The monoisotopic (exact) mass is 665 g/mol. The third-order valence-corrected chi connectivity index (χ3v) is 7.63. The number of fused-ring (bicyclic) bond motifs is 2. The van der Waals surface area contributed by atoms with Gasteiger partial charge in [-0.15, -0.1) is 0 Å². The molecule has 2 N–H and O–H groups in total. The number of piperazine rings is 1. The molecule has 11 nitrogen and oxygen atoms in total. The van der Waals surface area contributed by atoms with Gasteiger partial charge in [0.25, 0.3) is 5.91 Å². The van der Waals surface area contributed by atoms with Gasteiger partial charge < -0.3 is 14.9 Å². The van der Waals surface area contributed by atoms with Crippen LogP contribution in [-0.4, -0.2) is 78.8 Å². The van der Waals surface area contributed by atoms with Crippen LogP contribution >= 0.6 is 23.2 Å². The van der Waals surface area contributed by atoms with E-state index in [9.17, 15) is 27.2 Å². The Morgan fingerprint density at radius 2 is 1.71 bits per heavy atom. The average Bonchev–Trinajstić information content (AvgIpc) is 3.33. The van der Waals surface area contributed by atoms with Crippen LogP contribution in [0.1, 0.15) is 21.6 Å². The smallest absolute Gasteiger partial charge is 0.475 e. The molecule has 0 radical (unpaired) electrons. The van der Waals surface area contributed by atoms with Gasteiger partial charge in [-0.05, 0) is 29.1 Å². The summed E-state index contributed by atoms with van der Waals surface area (Å²) in [7, 11) is 0. The minimum absolute atomic E-state index is 0.0283. The number of imidazole rings is 1. The number of nitrogens with zero attached hydrogens (tertiary/aromatic N) is 6. The Hall–Kier alpha value is -4.76. The van der Waals surface area contributed by atoms with Crippen molar-refractivity contribution in [1.29, 1.82) is 0 Å². The molecule has 0 atom stereocenters. The van der Waals surface area contributed by atoms with Crippen molar-refractivity contribution in [3.63, 3.8) is 0 Å². The number of carbonyl (C=O) groups is 2. The Bertz CT molecular complexity index is 1970. The highest BCUT2D eigenvalue weighted by molar-refractivity contribution is 6.40. The minimum Gasteiger partial charge on any atom is -0.475 e. The summed E-state index contributed by atoms with van der Waals surface area (Å²) in [6.45, 7) is 2.02. The van der Waals surface area contributed by atoms with Crippen LogP contribution in [-0.2, 0) is 11.2 Å². The molecule has 3 aromatic heterocycles. The number of aromatic amines is 1. The van der Waals surface area contributed by atoms with Crippen molar-refractivity contribution >= 4 is 57.3 Å². The number of H-pyrrole nitrogens is 1. The maximum absolute atomic E-state index is 14.8. The number of hydrogen-bond acceptors (Lipinski definition) is 7. The molecule has 0 saturated carbocycles. The standard InChI is InChI=1S/C26H20Cl2FN7O2.C2HF3O2/c27-21-22(28)36-24(31-21)20(32-33-26(36)38)14-15-5-6-19(29)18(13-15)25(37)35-11-9-34(10-12-35)23-17-4-2-1-3-16(17)7-8-30-23;3-2(4,5)1(6)7/h1-8,13H,9-12,14H2,(H,33,38);(H,6,7). The second-order valence-electron chi connectivity index (χ2n) is 9.76. The van der Waals surface area contributed by atoms with Crippen LogP contribution in [0.4, 0.5) is 23.4 Å². The van der Waals surface area contributed by atoms with Gasteiger partial charge in [0.15, 0.2) is 16.0 Å². The molecule has 1 amide bonds. The van der Waals surface area contributed by atoms with Crippen LogP contribution < -0.4 is 10.6 Å². The average molecular weight is 666 g/mol. The van der Waals surface area contributed by atoms with Crippen molar-refractivity contribution in [2.75, 3.05) is 31.1 Å². The largest absolute Gasteiger partial charge is 0.490 e. The van der Waals surface area contributed by atoms with Crippen molar-refractivity contribution in [1.82, 2.24) is 29.5 Å². The van der Waals surface area contributed by atoms with Gasteiger partial charge in [0, 0.05) is 44.2 Å². The quantitative estimate of drug-likeness (QED) is 0.266. The number of amides is 1. The molecular formula is C28H21Cl2F4N7O4. The number of nitrogens with one attached hydrogen (secondary N) is 1. The SMILES string of the molecule is O=C(O)C(F)(F)F.O=C(c1cc(Cc2n[nH]c(=O)n3c(Cl)c(Cl)nc23)ccc1F)N1CCN(c2nccc3ccccc23)CC1. The predicted molar refractivity (Wildman–Crippen MR) is 156 cm³/mol. The van der Waals surface area contributed by atoms with E-state index >= 15 is 0 Å². The molecule has 1 fully saturated rings. The van der Waals surface area contributed by atoms with Crippen LogP contribution in [0.25, 0.3) is 16.4 Å². The van der Waals surface area contributed by atoms with Gasteiger partial charge in [-0.3, -0.25) is 4.79 Å². The van der Waals surface area contributed by atoms with Gasteiger partial charge in [0.05, 0.1) is 5.56 Å². The highest BCUT2D eigenvalue weighted by Gasteiger charge is 2.38. The summed E-state index contributed by atoms with van der Waals surface area (Å²) in [5.74, 6) is -2.88. The number of halogens is 6. The Morgan fingerprint density at radius 3 is 2.40 bits per heavy atom. The lowest BCUT2D eigenvalue weighted by molar-refractivity contribution is -0.192. The third-order valence-electron chi connectivity index (χ3n) is 6.92. The van der Waals surface area contributed by atoms with Crippen LogP contribution in [0.3, 0.4) is 0 Å². The zero-order chi connectivity index (χ0) is 32.5. The normalized spacial score (nSPS) is 13.6. The van der Waals surface area contributed by atoms with Crippen molar-refractivity contribution in [3.8, 4) is 0 Å². The van der Waals surface area contributed by atoms with Crippen molar-refractivity contribution < 1.29 is 32.3 Å². The lowest BCUT2D eigenvalue weighted by atomic mass is 10.0. The number of aromatic nitrogens is 5. The van der Waals surface area contributed by atoms with Gasteiger partial charge in [-0.1, -0.05) is 53.5 Å². The van der Waals surface area contributed by atoms with E-state index < -0.39 is 23.7 Å². The molecule has 1 saturated heterocycles. The summed E-state index contributed by atoms with van der Waals surface area (Å²) in [6, 6.07) is 14.3. The summed E-state index contributed by atoms with van der Waals surface area (Å²) >= 11 is 12.1. The minimum atomic E-state index is -5.08. The Kier molecular flexibility index (Phi) is 8.93. The summed E-state index contributed by atoms with van der Waals surface area (Å²) in [4.78, 5) is 46.8. The highest BCUT2D eigenvalue weighted by atomic mass is 35.5. The Labute approximate surface area is 260 Å². The molecule has 17 heteroatoms. The first-order chi connectivity index (χ1) is 21.3. The van der Waals surface area contributed by atoms with E-state index in [4.69, 9.17) is 33.1 Å². The van der Waals surface area contributed by atoms with Crippen LogP contribution in [0.2, 0.25) is 10.3 Å². The predicted octanol–water partition coefficient (Wildman–Crippen LogP) is 4.60. The second kappa shape index (κ2) is 12.7. The van der Waals surface area contributed by atoms with E-state index in [1.165, 1.54) is 12.1 Å². The zero-order valence-corrected chi connectivity index (χ0v) is 24.4. The Morgan fingerprint density at radius 1 is 1.02 bits per heavy atom. The first-order valence-corrected chi connectivity index (χ1v) is 13.9. The fourth-order valence-corrected chi connectivity index (χ4v) is 5.14.